The van der Waals surface area contributed by atoms with Gasteiger partial charge in [0.15, 0.2) is 0 Å². The van der Waals surface area contributed by atoms with Gasteiger partial charge >= 0.3 is 0 Å². The van der Waals surface area contributed by atoms with Crippen molar-refractivity contribution in [3.05, 3.63) is 6.92 Å². The summed E-state index contributed by atoms with van der Waals surface area (Å²) < 4.78 is 0. The Morgan fingerprint density at radius 1 is 1.75 bits per heavy atom. The molecule has 4 heavy (non-hydrogen) atoms. The molecule has 0 atom stereocenters. The summed E-state index contributed by atoms with van der Waals surface area (Å²) in [5.74, 6) is 0. The van der Waals surface area contributed by atoms with Crippen molar-refractivity contribution in [1.82, 2.24) is 0 Å². The van der Waals surface area contributed by atoms with Gasteiger partial charge in [0, 0.05) is 38.6 Å². The van der Waals surface area contributed by atoms with Crippen LogP contribution < -0.4 is 0 Å². The zero-order valence-corrected chi connectivity index (χ0v) is 4.89. The molecule has 0 aliphatic rings. The van der Waals surface area contributed by atoms with E-state index in [1.54, 1.807) is 0 Å². The molecule has 0 N–H and O–H groups in total. The van der Waals surface area contributed by atoms with E-state index in [9.17, 15) is 0 Å². The van der Waals surface area contributed by atoms with Crippen LogP contribution in [-0.4, -0.2) is 0 Å². The molecule has 0 bridgehead atoms. The number of rotatable bonds is 0. The molecule has 0 saturated heterocycles. The largest absolute Gasteiger partial charge is 0.0654 e. The van der Waals surface area contributed by atoms with Crippen LogP contribution in [-0.2, 0) is 0 Å². The Morgan fingerprint density at radius 3 is 1.75 bits per heavy atom. The van der Waals surface area contributed by atoms with E-state index in [0.717, 1.165) is 6.42 Å². The summed E-state index contributed by atoms with van der Waals surface area (Å²) in [6.07, 6.45) is 1.00. The van der Waals surface area contributed by atoms with Crippen LogP contribution in [0.5, 0.6) is 0 Å². The first-order chi connectivity index (χ1) is 1.41. The molecule has 0 saturated carbocycles. The van der Waals surface area contributed by atoms with Crippen LogP contribution in [0.3, 0.4) is 0 Å². The molecule has 0 amide bonds. The molecule has 2 radical (unpaired) electrons. The van der Waals surface area contributed by atoms with Gasteiger partial charge in [-0.2, -0.15) is 0 Å². The molecular weight excluding hydrogens is 195 g/mol. The van der Waals surface area contributed by atoms with E-state index in [4.69, 9.17) is 0 Å². The van der Waals surface area contributed by atoms with Crippen LogP contribution in [0.2, 0.25) is 0 Å². The zero-order chi connectivity index (χ0) is 2.71. The molecule has 0 aromatic carbocycles. The molecule has 0 aromatic heterocycles. The van der Waals surface area contributed by atoms with Gasteiger partial charge in [-0.05, 0) is 0 Å². The molecule has 0 unspecified atom stereocenters. The van der Waals surface area contributed by atoms with E-state index in [2.05, 4.69) is 6.92 Å². The molecule has 28 valence electrons. The minimum absolute atomic E-state index is 0. The van der Waals surface area contributed by atoms with Gasteiger partial charge in [-0.15, -0.1) is 0 Å². The van der Waals surface area contributed by atoms with E-state index in [1.165, 1.54) is 0 Å². The SMILES string of the molecule is [CH2]CC.[Tb]. The van der Waals surface area contributed by atoms with Crippen LogP contribution in [0.1, 0.15) is 13.3 Å². The topological polar surface area (TPSA) is 0 Å². The summed E-state index contributed by atoms with van der Waals surface area (Å²) in [5.41, 5.74) is 0. The number of hydrogen-bond acceptors (Lipinski definition) is 0. The Bertz CT molecular complexity index is 3.25. The van der Waals surface area contributed by atoms with E-state index in [0.29, 0.717) is 0 Å². The fourth-order valence-corrected chi connectivity index (χ4v) is 0. The maximum absolute atomic E-state index is 3.49. The molecule has 0 fully saturated rings. The quantitative estimate of drug-likeness (QED) is 0.554. The molecule has 0 aliphatic heterocycles. The predicted octanol–water partition coefficient (Wildman–Crippen LogP) is 1.23. The van der Waals surface area contributed by atoms with Crippen LogP contribution in [0.25, 0.3) is 0 Å². The monoisotopic (exact) mass is 202 g/mol. The maximum Gasteiger partial charge on any atom is 0 e. The maximum atomic E-state index is 3.49. The van der Waals surface area contributed by atoms with E-state index in [1.807, 2.05) is 6.92 Å². The van der Waals surface area contributed by atoms with Gasteiger partial charge in [-0.25, -0.2) is 0 Å². The van der Waals surface area contributed by atoms with Crippen molar-refractivity contribution in [2.45, 2.75) is 13.3 Å². The van der Waals surface area contributed by atoms with Crippen molar-refractivity contribution >= 4 is 0 Å². The van der Waals surface area contributed by atoms with Gasteiger partial charge < -0.3 is 0 Å². The summed E-state index contributed by atoms with van der Waals surface area (Å²) in [6.45, 7) is 5.50. The first-order valence-corrected chi connectivity index (χ1v) is 1.21. The second-order valence-corrected chi connectivity index (χ2v) is 0.500. The van der Waals surface area contributed by atoms with Crippen molar-refractivity contribution in [3.8, 4) is 0 Å². The van der Waals surface area contributed by atoms with E-state index in [-0.39, 0.29) is 38.6 Å². The van der Waals surface area contributed by atoms with Gasteiger partial charge in [0.25, 0.3) is 0 Å². The van der Waals surface area contributed by atoms with Crippen LogP contribution >= 0.6 is 0 Å². The smallest absolute Gasteiger partial charge is 0 e. The van der Waals surface area contributed by atoms with Crippen molar-refractivity contribution in [1.29, 1.82) is 0 Å². The van der Waals surface area contributed by atoms with Gasteiger partial charge in [0.2, 0.25) is 0 Å². The van der Waals surface area contributed by atoms with Crippen LogP contribution in [0.4, 0.5) is 0 Å². The molecule has 0 nitrogen and oxygen atoms in total. The third kappa shape index (κ3) is 10.4. The van der Waals surface area contributed by atoms with E-state index >= 15 is 0 Å². The minimum Gasteiger partial charge on any atom is -0.0654 e. The molecule has 0 heterocycles. The van der Waals surface area contributed by atoms with Crippen molar-refractivity contribution in [3.63, 3.8) is 0 Å². The standard InChI is InChI=1S/C3H7.Tb/c1-3-2;/h1,3H2,2H3;. The first kappa shape index (κ1) is 8.99. The van der Waals surface area contributed by atoms with Crippen molar-refractivity contribution < 1.29 is 38.6 Å². The summed E-state index contributed by atoms with van der Waals surface area (Å²) in [6, 6.07) is 0. The van der Waals surface area contributed by atoms with E-state index < -0.39 is 0 Å². The van der Waals surface area contributed by atoms with Crippen molar-refractivity contribution in [2.24, 2.45) is 0 Å². The number of hydrogen-bond donors (Lipinski definition) is 0. The zero-order valence-electron chi connectivity index (χ0n) is 2.75. The third-order valence-corrected chi connectivity index (χ3v) is 0. The molecule has 0 spiro atoms. The molecule has 0 rings (SSSR count). The fourth-order valence-electron chi connectivity index (χ4n) is 0. The Kier molecular flexibility index (Phi) is 19.9. The normalized spacial score (nSPS) is 4.50. The Balaban J connectivity index is 0. The summed E-state index contributed by atoms with van der Waals surface area (Å²) in [7, 11) is 0. The van der Waals surface area contributed by atoms with Gasteiger partial charge in [-0.1, -0.05) is 20.3 Å². The van der Waals surface area contributed by atoms with Crippen LogP contribution in [0.15, 0.2) is 0 Å². The molecule has 1 heteroatoms. The van der Waals surface area contributed by atoms with Crippen molar-refractivity contribution in [2.75, 3.05) is 0 Å². The average Bonchev–Trinajstić information content (AvgIpc) is 0.918. The molecule has 0 aromatic rings. The molecule has 0 aliphatic carbocycles. The summed E-state index contributed by atoms with van der Waals surface area (Å²) in [4.78, 5) is 0. The Morgan fingerprint density at radius 2 is 1.75 bits per heavy atom. The third-order valence-electron chi connectivity index (χ3n) is 0. The van der Waals surface area contributed by atoms with Crippen LogP contribution in [0, 0.1) is 45.5 Å². The molecular formula is C3H7Tb. The van der Waals surface area contributed by atoms with Gasteiger partial charge in [0.1, 0.15) is 0 Å². The second-order valence-electron chi connectivity index (χ2n) is 0.500. The summed E-state index contributed by atoms with van der Waals surface area (Å²) in [5, 5.41) is 0. The Labute approximate surface area is 58.4 Å². The predicted molar refractivity (Wildman–Crippen MR) is 15.6 cm³/mol. The van der Waals surface area contributed by atoms with Gasteiger partial charge in [-0.3, -0.25) is 0 Å². The second kappa shape index (κ2) is 8.86. The minimum atomic E-state index is 0. The fraction of sp³-hybridized carbons (Fsp3) is 0.667. The first-order valence-electron chi connectivity index (χ1n) is 1.21. The Hall–Kier alpha value is 1.29. The van der Waals surface area contributed by atoms with Gasteiger partial charge in [0.05, 0.1) is 0 Å². The average molecular weight is 202 g/mol. The summed E-state index contributed by atoms with van der Waals surface area (Å²) >= 11 is 0.